The van der Waals surface area contributed by atoms with Crippen LogP contribution in [0.3, 0.4) is 0 Å². The molecule has 296 valence electrons. The molecule has 0 bridgehead atoms. The number of ether oxygens (including phenoxy) is 3. The van der Waals surface area contributed by atoms with E-state index >= 15 is 0 Å². The average molecular weight is 771 g/mol. The summed E-state index contributed by atoms with van der Waals surface area (Å²) in [6, 6.07) is 26.9. The highest BCUT2D eigenvalue weighted by atomic mass is 19.1. The number of hydrogen-bond donors (Lipinski definition) is 1. The molecule has 1 spiro atoms. The highest BCUT2D eigenvalue weighted by Crippen LogP contribution is 2.41. The van der Waals surface area contributed by atoms with E-state index in [9.17, 15) is 28.0 Å². The van der Waals surface area contributed by atoms with E-state index in [1.165, 1.54) is 32.4 Å². The minimum absolute atomic E-state index is 0.00108. The predicted octanol–water partition coefficient (Wildman–Crippen LogP) is 8.30. The van der Waals surface area contributed by atoms with Crippen molar-refractivity contribution >= 4 is 35.4 Å². The van der Waals surface area contributed by atoms with E-state index in [0.29, 0.717) is 49.5 Å². The SMILES string of the molecule is COC(=O)c1ccc(CN(C(=O)N2CCC3(CC2)CN(C(=O)OC(C)(C)C)C3)c2ccccc2)c(F)c1.COC(=O)c1ccc(CNc2ccccc2)c(F)c1. The van der Waals surface area contributed by atoms with E-state index in [1.807, 2.05) is 81.4 Å². The number of benzene rings is 4. The molecule has 13 heteroatoms. The summed E-state index contributed by atoms with van der Waals surface area (Å²) < 4.78 is 43.4. The monoisotopic (exact) mass is 770 g/mol. The maximum Gasteiger partial charge on any atom is 0.410 e. The normalized spacial score (nSPS) is 14.4. The zero-order chi connectivity index (χ0) is 40.5. The van der Waals surface area contributed by atoms with Crippen molar-refractivity contribution in [3.63, 3.8) is 0 Å². The highest BCUT2D eigenvalue weighted by Gasteiger charge is 2.48. The van der Waals surface area contributed by atoms with E-state index in [0.717, 1.165) is 24.6 Å². The summed E-state index contributed by atoms with van der Waals surface area (Å²) in [5.74, 6) is -2.16. The highest BCUT2D eigenvalue weighted by molar-refractivity contribution is 5.92. The number of likely N-dealkylation sites (tertiary alicyclic amines) is 2. The molecule has 0 unspecified atom stereocenters. The first-order valence-corrected chi connectivity index (χ1v) is 18.3. The standard InChI is InChI=1S/C28H34FN3O5.C15H14FNO2/c1-27(2,3)37-26(35)31-18-28(19-31)12-14-30(15-13-28)25(34)32(22-8-6-5-7-9-22)17-21-11-10-20(16-23(21)29)24(33)36-4;1-19-15(18)11-7-8-12(14(16)9-11)10-17-13-5-3-2-4-6-13/h5-11,16H,12-15,17-19H2,1-4H3;2-9,17H,10H2,1H3. The van der Waals surface area contributed by atoms with Gasteiger partial charge in [-0.15, -0.1) is 0 Å². The molecule has 2 saturated heterocycles. The molecular formula is C43H48F2N4O7. The number of esters is 2. The largest absolute Gasteiger partial charge is 0.465 e. The lowest BCUT2D eigenvalue weighted by atomic mass is 9.72. The van der Waals surface area contributed by atoms with Gasteiger partial charge >= 0.3 is 24.1 Å². The third-order valence-corrected chi connectivity index (χ3v) is 9.63. The molecular weight excluding hydrogens is 722 g/mol. The Morgan fingerprint density at radius 3 is 1.75 bits per heavy atom. The van der Waals surface area contributed by atoms with Crippen molar-refractivity contribution in [2.45, 2.75) is 52.3 Å². The van der Waals surface area contributed by atoms with Crippen LogP contribution in [0.15, 0.2) is 97.1 Å². The van der Waals surface area contributed by atoms with E-state index < -0.39 is 29.2 Å². The maximum atomic E-state index is 14.9. The van der Waals surface area contributed by atoms with Gasteiger partial charge in [0.05, 0.1) is 31.9 Å². The van der Waals surface area contributed by atoms with E-state index in [-0.39, 0.29) is 35.2 Å². The van der Waals surface area contributed by atoms with Gasteiger partial charge in [-0.05, 0) is 82.1 Å². The fourth-order valence-corrected chi connectivity index (χ4v) is 6.54. The number of methoxy groups -OCH3 is 2. The van der Waals surface area contributed by atoms with Crippen LogP contribution < -0.4 is 10.2 Å². The Morgan fingerprint density at radius 2 is 1.25 bits per heavy atom. The van der Waals surface area contributed by atoms with Crippen molar-refractivity contribution in [2.24, 2.45) is 5.41 Å². The number of hydrogen-bond acceptors (Lipinski definition) is 8. The van der Waals surface area contributed by atoms with Gasteiger partial charge in [-0.1, -0.05) is 48.5 Å². The zero-order valence-corrected chi connectivity index (χ0v) is 32.3. The van der Waals surface area contributed by atoms with Crippen LogP contribution in [-0.4, -0.2) is 79.9 Å². The summed E-state index contributed by atoms with van der Waals surface area (Å²) in [5, 5.41) is 3.11. The van der Waals surface area contributed by atoms with E-state index in [1.54, 1.807) is 26.8 Å². The van der Waals surface area contributed by atoms with E-state index in [4.69, 9.17) is 4.74 Å². The molecule has 3 amide bonds. The molecule has 6 rings (SSSR count). The fraction of sp³-hybridized carbons (Fsp3) is 0.349. The van der Waals surface area contributed by atoms with Crippen LogP contribution in [0.1, 0.15) is 65.5 Å². The van der Waals surface area contributed by atoms with Crippen LogP contribution >= 0.6 is 0 Å². The van der Waals surface area contributed by atoms with Gasteiger partial charge in [0.25, 0.3) is 0 Å². The van der Waals surface area contributed by atoms with Gasteiger partial charge in [0.15, 0.2) is 0 Å². The van der Waals surface area contributed by atoms with Gasteiger partial charge in [-0.3, -0.25) is 4.90 Å². The average Bonchev–Trinajstić information content (AvgIpc) is 3.18. The second-order valence-corrected chi connectivity index (χ2v) is 14.8. The van der Waals surface area contributed by atoms with Crippen LogP contribution in [0.25, 0.3) is 0 Å². The molecule has 1 N–H and O–H groups in total. The Balaban J connectivity index is 0.000000265. The minimum atomic E-state index is -0.620. The molecule has 2 heterocycles. The predicted molar refractivity (Wildman–Crippen MR) is 208 cm³/mol. The molecule has 0 saturated carbocycles. The fourth-order valence-electron chi connectivity index (χ4n) is 6.54. The van der Waals surface area contributed by atoms with Gasteiger partial charge in [-0.25, -0.2) is 28.0 Å². The first-order chi connectivity index (χ1) is 26.7. The Kier molecular flexibility index (Phi) is 13.3. The van der Waals surface area contributed by atoms with Crippen LogP contribution in [0.4, 0.5) is 29.7 Å². The molecule has 2 fully saturated rings. The van der Waals surface area contributed by atoms with Crippen LogP contribution in [0.2, 0.25) is 0 Å². The first kappa shape index (κ1) is 41.2. The van der Waals surface area contributed by atoms with Crippen molar-refractivity contribution in [2.75, 3.05) is 50.6 Å². The topological polar surface area (TPSA) is 118 Å². The lowest BCUT2D eigenvalue weighted by Gasteiger charge is -2.53. The third kappa shape index (κ3) is 10.6. The number of halogens is 2. The summed E-state index contributed by atoms with van der Waals surface area (Å²) in [6.45, 7) is 8.28. The lowest BCUT2D eigenvalue weighted by molar-refractivity contribution is -0.0548. The smallest absolute Gasteiger partial charge is 0.410 e. The quantitative estimate of drug-likeness (QED) is 0.141. The minimum Gasteiger partial charge on any atom is -0.465 e. The van der Waals surface area contributed by atoms with Gasteiger partial charge < -0.3 is 29.3 Å². The Bertz CT molecular complexity index is 1990. The third-order valence-electron chi connectivity index (χ3n) is 9.63. The second-order valence-electron chi connectivity index (χ2n) is 14.8. The van der Waals surface area contributed by atoms with Crippen molar-refractivity contribution in [1.82, 2.24) is 9.80 Å². The Labute approximate surface area is 326 Å². The van der Waals surface area contributed by atoms with Gasteiger partial charge in [0, 0.05) is 60.6 Å². The molecule has 2 aliphatic heterocycles. The van der Waals surface area contributed by atoms with Crippen molar-refractivity contribution in [1.29, 1.82) is 0 Å². The molecule has 0 aliphatic carbocycles. The molecule has 11 nitrogen and oxygen atoms in total. The summed E-state index contributed by atoms with van der Waals surface area (Å²) in [4.78, 5) is 54.1. The van der Waals surface area contributed by atoms with E-state index in [2.05, 4.69) is 14.8 Å². The number of carbonyl (C=O) groups is 4. The van der Waals surface area contributed by atoms with Crippen LogP contribution in [-0.2, 0) is 27.3 Å². The van der Waals surface area contributed by atoms with Crippen molar-refractivity contribution < 1.29 is 42.2 Å². The summed E-state index contributed by atoms with van der Waals surface area (Å²) in [5.41, 5.74) is 2.16. The number of nitrogens with one attached hydrogen (secondary N) is 1. The van der Waals surface area contributed by atoms with Gasteiger partial charge in [0.1, 0.15) is 17.2 Å². The molecule has 0 radical (unpaired) electrons. The summed E-state index contributed by atoms with van der Waals surface area (Å²) in [7, 11) is 2.51. The van der Waals surface area contributed by atoms with Gasteiger partial charge in [0.2, 0.25) is 0 Å². The second kappa shape index (κ2) is 18.1. The van der Waals surface area contributed by atoms with Crippen molar-refractivity contribution in [3.05, 3.63) is 131 Å². The Morgan fingerprint density at radius 1 is 0.732 bits per heavy atom. The maximum absolute atomic E-state index is 14.9. The molecule has 4 aromatic rings. The number of amides is 3. The number of anilines is 2. The Hall–Kier alpha value is -5.98. The summed E-state index contributed by atoms with van der Waals surface area (Å²) >= 11 is 0. The summed E-state index contributed by atoms with van der Waals surface area (Å²) in [6.07, 6.45) is 1.26. The van der Waals surface area contributed by atoms with Crippen LogP contribution in [0.5, 0.6) is 0 Å². The molecule has 0 aromatic heterocycles. The number of rotatable bonds is 8. The molecule has 2 aliphatic rings. The zero-order valence-electron chi connectivity index (χ0n) is 32.3. The number of carbonyl (C=O) groups excluding carboxylic acids is 4. The van der Waals surface area contributed by atoms with Gasteiger partial charge in [-0.2, -0.15) is 0 Å². The lowest BCUT2D eigenvalue weighted by Crippen LogP contribution is -2.63. The molecule has 4 aromatic carbocycles. The number of urea groups is 1. The molecule has 56 heavy (non-hydrogen) atoms. The first-order valence-electron chi connectivity index (χ1n) is 18.3. The number of para-hydroxylation sites is 2. The molecule has 0 atom stereocenters. The van der Waals surface area contributed by atoms with Crippen LogP contribution in [0, 0.1) is 17.0 Å². The number of nitrogens with zero attached hydrogens (tertiary/aromatic N) is 3. The number of piperidine rings is 1. The van der Waals surface area contributed by atoms with Crippen molar-refractivity contribution in [3.8, 4) is 0 Å².